The monoisotopic (exact) mass is 309 g/mol. The molecule has 1 fully saturated rings. The Morgan fingerprint density at radius 1 is 1.45 bits per heavy atom. The van der Waals surface area contributed by atoms with Crippen molar-refractivity contribution in [2.45, 2.75) is 49.5 Å². The van der Waals surface area contributed by atoms with Crippen molar-refractivity contribution in [1.29, 1.82) is 0 Å². The maximum Gasteiger partial charge on any atom is 0.412 e. The molecule has 1 heterocycles. The smallest absolute Gasteiger partial charge is 0.412 e. The minimum Gasteiger partial charge on any atom is -0.481 e. The number of carboxylic acid groups (broad SMARTS) is 1. The van der Waals surface area contributed by atoms with E-state index in [4.69, 9.17) is 5.11 Å². The van der Waals surface area contributed by atoms with E-state index in [1.165, 1.54) is 0 Å². The molecule has 0 aromatic carbocycles. The van der Waals surface area contributed by atoms with Crippen molar-refractivity contribution in [3.8, 4) is 0 Å². The summed E-state index contributed by atoms with van der Waals surface area (Å²) >= 11 is 0.766. The van der Waals surface area contributed by atoms with Crippen LogP contribution in [-0.2, 0) is 10.3 Å². The van der Waals surface area contributed by atoms with Crippen LogP contribution in [-0.4, -0.2) is 37.8 Å². The van der Waals surface area contributed by atoms with Crippen LogP contribution in [0.15, 0.2) is 5.16 Å². The predicted octanol–water partition coefficient (Wildman–Crippen LogP) is 2.63. The average Bonchev–Trinajstić information content (AvgIpc) is 3.00. The van der Waals surface area contributed by atoms with Gasteiger partial charge in [-0.15, -0.1) is 10.2 Å². The molecule has 9 heteroatoms. The summed E-state index contributed by atoms with van der Waals surface area (Å²) < 4.78 is 40.9. The maximum absolute atomic E-state index is 13.3. The molecule has 0 bridgehead atoms. The lowest BCUT2D eigenvalue weighted by Crippen LogP contribution is -2.36. The van der Waals surface area contributed by atoms with Crippen molar-refractivity contribution in [2.24, 2.45) is 0 Å². The molecule has 0 aliphatic heterocycles. The normalized spacial score (nSPS) is 17.5. The summed E-state index contributed by atoms with van der Waals surface area (Å²) in [7, 11) is 0. The van der Waals surface area contributed by atoms with E-state index in [2.05, 4.69) is 10.2 Å². The number of hydrogen-bond donors (Lipinski definition) is 1. The number of nitrogens with zero attached hydrogens (tertiary/aromatic N) is 3. The number of aliphatic carboxylic acids is 1. The van der Waals surface area contributed by atoms with Crippen molar-refractivity contribution in [3.63, 3.8) is 0 Å². The van der Waals surface area contributed by atoms with E-state index >= 15 is 0 Å². The lowest BCUT2D eigenvalue weighted by molar-refractivity contribution is -0.182. The fourth-order valence-electron chi connectivity index (χ4n) is 2.03. The fraction of sp³-hybridized carbons (Fsp3) is 0.727. The Balaban J connectivity index is 2.43. The van der Waals surface area contributed by atoms with Crippen molar-refractivity contribution < 1.29 is 23.1 Å². The highest BCUT2D eigenvalue weighted by Gasteiger charge is 2.66. The fourth-order valence-corrected chi connectivity index (χ4v) is 2.78. The van der Waals surface area contributed by atoms with Crippen LogP contribution in [0.25, 0.3) is 0 Å². The maximum atomic E-state index is 13.3. The molecule has 0 unspecified atom stereocenters. The molecule has 1 aliphatic carbocycles. The summed E-state index contributed by atoms with van der Waals surface area (Å²) in [4.78, 5) is 10.6. The van der Waals surface area contributed by atoms with Crippen LogP contribution in [0.2, 0.25) is 0 Å². The number of carbonyl (C=O) groups is 1. The molecule has 1 saturated carbocycles. The Morgan fingerprint density at radius 3 is 2.45 bits per heavy atom. The lowest BCUT2D eigenvalue weighted by atomic mass is 10.1. The Hall–Kier alpha value is -1.25. The number of halogens is 3. The number of rotatable bonds is 5. The first kappa shape index (κ1) is 15.1. The SMILES string of the molecule is CC(C)c1nnc(SCC(=O)O)n1C1(C(F)(F)F)CC1. The van der Waals surface area contributed by atoms with Gasteiger partial charge in [-0.25, -0.2) is 0 Å². The quantitative estimate of drug-likeness (QED) is 0.847. The first-order valence-corrected chi connectivity index (χ1v) is 7.05. The molecule has 0 atom stereocenters. The highest BCUT2D eigenvalue weighted by Crippen LogP contribution is 2.57. The van der Waals surface area contributed by atoms with Crippen molar-refractivity contribution >= 4 is 17.7 Å². The molecule has 20 heavy (non-hydrogen) atoms. The van der Waals surface area contributed by atoms with Crippen LogP contribution in [0.5, 0.6) is 0 Å². The minimum atomic E-state index is -4.39. The average molecular weight is 309 g/mol. The predicted molar refractivity (Wildman–Crippen MR) is 65.7 cm³/mol. The summed E-state index contributed by atoms with van der Waals surface area (Å²) in [6, 6.07) is 0. The van der Waals surface area contributed by atoms with Gasteiger partial charge in [-0.2, -0.15) is 13.2 Å². The van der Waals surface area contributed by atoms with E-state index in [0.29, 0.717) is 0 Å². The molecule has 1 aromatic heterocycles. The van der Waals surface area contributed by atoms with Gasteiger partial charge in [0.25, 0.3) is 0 Å². The first-order valence-electron chi connectivity index (χ1n) is 6.06. The zero-order chi connectivity index (χ0) is 15.1. The molecule has 112 valence electrons. The highest BCUT2D eigenvalue weighted by atomic mass is 32.2. The minimum absolute atomic E-state index is 0.0190. The van der Waals surface area contributed by atoms with Gasteiger partial charge >= 0.3 is 12.1 Å². The highest BCUT2D eigenvalue weighted by molar-refractivity contribution is 7.99. The second kappa shape index (κ2) is 4.94. The molecule has 0 amide bonds. The van der Waals surface area contributed by atoms with Gasteiger partial charge < -0.3 is 5.11 Å². The van der Waals surface area contributed by atoms with E-state index in [1.54, 1.807) is 13.8 Å². The van der Waals surface area contributed by atoms with Gasteiger partial charge in [-0.1, -0.05) is 25.6 Å². The number of carboxylic acids is 1. The largest absolute Gasteiger partial charge is 0.481 e. The van der Waals surface area contributed by atoms with Gasteiger partial charge in [0.05, 0.1) is 5.75 Å². The molecule has 0 spiro atoms. The topological polar surface area (TPSA) is 68.0 Å². The van der Waals surface area contributed by atoms with Gasteiger partial charge in [0.2, 0.25) is 0 Å². The molecule has 2 rings (SSSR count). The third-order valence-corrected chi connectivity index (χ3v) is 4.09. The summed E-state index contributed by atoms with van der Waals surface area (Å²) in [6.07, 6.45) is -4.43. The van der Waals surface area contributed by atoms with E-state index < -0.39 is 17.7 Å². The second-order valence-electron chi connectivity index (χ2n) is 5.04. The number of thioether (sulfide) groups is 1. The Morgan fingerprint density at radius 2 is 2.05 bits per heavy atom. The summed E-state index contributed by atoms with van der Waals surface area (Å²) in [5.74, 6) is -1.42. The number of hydrogen-bond acceptors (Lipinski definition) is 4. The van der Waals surface area contributed by atoms with Gasteiger partial charge in [-0.05, 0) is 12.8 Å². The van der Waals surface area contributed by atoms with E-state index in [-0.39, 0.29) is 35.5 Å². The van der Waals surface area contributed by atoms with Crippen molar-refractivity contribution in [1.82, 2.24) is 14.8 Å². The van der Waals surface area contributed by atoms with Crippen LogP contribution < -0.4 is 0 Å². The zero-order valence-electron chi connectivity index (χ0n) is 10.9. The van der Waals surface area contributed by atoms with Gasteiger partial charge in [0.1, 0.15) is 11.4 Å². The van der Waals surface area contributed by atoms with Crippen LogP contribution in [0.1, 0.15) is 38.4 Å². The Kier molecular flexibility index (Phi) is 3.74. The molecular formula is C11H14F3N3O2S. The van der Waals surface area contributed by atoms with Crippen molar-refractivity contribution in [3.05, 3.63) is 5.82 Å². The third kappa shape index (κ3) is 2.50. The van der Waals surface area contributed by atoms with E-state index in [9.17, 15) is 18.0 Å². The zero-order valence-corrected chi connectivity index (χ0v) is 11.8. The summed E-state index contributed by atoms with van der Waals surface area (Å²) in [5, 5.41) is 16.2. The van der Waals surface area contributed by atoms with Crippen LogP contribution in [0, 0.1) is 0 Å². The molecule has 1 aliphatic rings. The van der Waals surface area contributed by atoms with Crippen LogP contribution in [0.3, 0.4) is 0 Å². The van der Waals surface area contributed by atoms with E-state index in [1.807, 2.05) is 0 Å². The molecule has 0 saturated heterocycles. The number of aromatic nitrogens is 3. The Bertz CT molecular complexity index is 523. The number of alkyl halides is 3. The lowest BCUT2D eigenvalue weighted by Gasteiger charge is -2.24. The Labute approximate surface area is 117 Å². The molecule has 1 N–H and O–H groups in total. The second-order valence-corrected chi connectivity index (χ2v) is 5.99. The molecule has 1 aromatic rings. The van der Waals surface area contributed by atoms with Crippen LogP contribution in [0.4, 0.5) is 13.2 Å². The standard InChI is InChI=1S/C11H14F3N3O2S/c1-6(2)8-15-16-9(20-5-7(18)19)17(8)10(3-4-10)11(12,13)14/h6H,3-5H2,1-2H3,(H,18,19). The van der Waals surface area contributed by atoms with Gasteiger partial charge in [0, 0.05) is 5.92 Å². The molecular weight excluding hydrogens is 295 g/mol. The van der Waals surface area contributed by atoms with Crippen molar-refractivity contribution in [2.75, 3.05) is 5.75 Å². The van der Waals surface area contributed by atoms with Gasteiger partial charge in [0.15, 0.2) is 5.16 Å². The summed E-state index contributed by atoms with van der Waals surface area (Å²) in [5.41, 5.74) is -1.96. The van der Waals surface area contributed by atoms with Gasteiger partial charge in [-0.3, -0.25) is 9.36 Å². The van der Waals surface area contributed by atoms with E-state index in [0.717, 1.165) is 16.3 Å². The first-order chi connectivity index (χ1) is 9.19. The summed E-state index contributed by atoms with van der Waals surface area (Å²) in [6.45, 7) is 3.47. The van der Waals surface area contributed by atoms with Crippen LogP contribution >= 0.6 is 11.8 Å². The molecule has 5 nitrogen and oxygen atoms in total. The third-order valence-electron chi connectivity index (χ3n) is 3.18. The molecule has 0 radical (unpaired) electrons.